The van der Waals surface area contributed by atoms with E-state index in [0.717, 1.165) is 0 Å². The first kappa shape index (κ1) is 12.2. The van der Waals surface area contributed by atoms with Gasteiger partial charge in [-0.2, -0.15) is 0 Å². The number of carboxylic acids is 2. The number of hydrogen-bond acceptors (Lipinski definition) is 5. The zero-order valence-corrected chi connectivity index (χ0v) is 6.51. The lowest BCUT2D eigenvalue weighted by Crippen LogP contribution is -3.98. The van der Waals surface area contributed by atoms with Gasteiger partial charge in [-0.3, -0.25) is 0 Å². The van der Waals surface area contributed by atoms with Crippen LogP contribution < -0.4 is 27.9 Å². The summed E-state index contributed by atoms with van der Waals surface area (Å²) in [7, 11) is 0. The van der Waals surface area contributed by atoms with Crippen molar-refractivity contribution in [2.75, 3.05) is 0 Å². The molecule has 0 aromatic rings. The second-order valence-corrected chi connectivity index (χ2v) is 1.96. The summed E-state index contributed by atoms with van der Waals surface area (Å²) in [6.45, 7) is 0. The molecule has 60 valence electrons. The van der Waals surface area contributed by atoms with Gasteiger partial charge in [0.1, 0.15) is 0 Å². The SMILES string of the molecule is O=C(O)C(=O)O.[O-][I+2]([O-])O. The Balaban J connectivity index is 0. The van der Waals surface area contributed by atoms with Gasteiger partial charge in [0, 0.05) is 0 Å². The molecule has 0 amide bonds. The van der Waals surface area contributed by atoms with Crippen molar-refractivity contribution in [3.63, 3.8) is 0 Å². The Morgan fingerprint density at radius 2 is 1.20 bits per heavy atom. The maximum absolute atomic E-state index is 9.10. The van der Waals surface area contributed by atoms with E-state index in [4.69, 9.17) is 30.1 Å². The second kappa shape index (κ2) is 6.67. The van der Waals surface area contributed by atoms with Crippen molar-refractivity contribution >= 4 is 11.9 Å². The number of carboxylic acid groups (broad SMARTS) is 2. The van der Waals surface area contributed by atoms with Crippen molar-refractivity contribution in [3.8, 4) is 0 Å². The molecule has 0 radical (unpaired) electrons. The quantitative estimate of drug-likeness (QED) is 0.292. The van der Waals surface area contributed by atoms with E-state index in [1.54, 1.807) is 0 Å². The van der Waals surface area contributed by atoms with Crippen LogP contribution in [0.15, 0.2) is 0 Å². The first-order valence-electron chi connectivity index (χ1n) is 1.58. The maximum atomic E-state index is 9.10. The number of hydrogen-bond donors (Lipinski definition) is 3. The fourth-order valence-electron chi connectivity index (χ4n) is 0. The summed E-state index contributed by atoms with van der Waals surface area (Å²) in [6.07, 6.45) is 0. The maximum Gasteiger partial charge on any atom is 0.503 e. The van der Waals surface area contributed by atoms with Crippen molar-refractivity contribution in [2.24, 2.45) is 0 Å². The Kier molecular flexibility index (Phi) is 8.17. The summed E-state index contributed by atoms with van der Waals surface area (Å²) in [5, 5.41) is 14.8. The molecule has 0 aliphatic carbocycles. The molecular formula is C2H3IO7. The van der Waals surface area contributed by atoms with Gasteiger partial charge < -0.3 is 17.1 Å². The zero-order valence-electron chi connectivity index (χ0n) is 4.35. The molecule has 0 unspecified atom stereocenters. The first-order valence-corrected chi connectivity index (χ1v) is 4.31. The standard InChI is InChI=1S/C2H2O4.HIO3/c3-1(4)2(5)6;2-1(3)4/h(H,3,4)(H,5,6);2H. The zero-order chi connectivity index (χ0) is 8.73. The Hall–Kier alpha value is -0.450. The van der Waals surface area contributed by atoms with Gasteiger partial charge in [0.05, 0.1) is 0 Å². The Morgan fingerprint density at radius 3 is 1.20 bits per heavy atom. The van der Waals surface area contributed by atoms with E-state index in [1.165, 1.54) is 0 Å². The monoisotopic (exact) mass is 266 g/mol. The molecule has 0 bridgehead atoms. The lowest BCUT2D eigenvalue weighted by molar-refractivity contribution is -1.63. The minimum Gasteiger partial charge on any atom is -0.473 e. The fraction of sp³-hybridized carbons (Fsp3) is 0. The highest BCUT2D eigenvalue weighted by Crippen LogP contribution is 1.56. The molecule has 10 heavy (non-hydrogen) atoms. The van der Waals surface area contributed by atoms with E-state index in [0.29, 0.717) is 0 Å². The largest absolute Gasteiger partial charge is 0.503 e. The Morgan fingerprint density at radius 1 is 1.10 bits per heavy atom. The van der Waals surface area contributed by atoms with Gasteiger partial charge in [0.15, 0.2) is 0 Å². The molecular weight excluding hydrogens is 263 g/mol. The molecule has 0 aromatic heterocycles. The summed E-state index contributed by atoms with van der Waals surface area (Å²) in [4.78, 5) is 18.2. The second-order valence-electron chi connectivity index (χ2n) is 0.811. The molecule has 0 atom stereocenters. The highest BCUT2D eigenvalue weighted by molar-refractivity contribution is 6.27. The molecule has 0 spiro atoms. The van der Waals surface area contributed by atoms with Crippen molar-refractivity contribution < 1.29 is 51.2 Å². The summed E-state index contributed by atoms with van der Waals surface area (Å²) in [5.41, 5.74) is 0. The number of rotatable bonds is 0. The predicted octanol–water partition coefficient (Wildman–Crippen LogP) is -6.78. The molecule has 0 heterocycles. The highest BCUT2D eigenvalue weighted by Gasteiger charge is 2.04. The smallest absolute Gasteiger partial charge is 0.473 e. The van der Waals surface area contributed by atoms with Crippen LogP contribution in [0.3, 0.4) is 0 Å². The average Bonchev–Trinajstić information content (AvgIpc) is 1.63. The third-order valence-corrected chi connectivity index (χ3v) is 0.183. The van der Waals surface area contributed by atoms with Crippen LogP contribution in [0.1, 0.15) is 0 Å². The molecule has 0 saturated carbocycles. The van der Waals surface area contributed by atoms with Crippen LogP contribution in [-0.4, -0.2) is 25.6 Å². The van der Waals surface area contributed by atoms with E-state index in [2.05, 4.69) is 0 Å². The molecule has 0 fully saturated rings. The molecule has 0 aliphatic rings. The minimum absolute atomic E-state index is 1.82. The first-order chi connectivity index (χ1) is 4.37. The van der Waals surface area contributed by atoms with Crippen molar-refractivity contribution in [1.29, 1.82) is 0 Å². The van der Waals surface area contributed by atoms with E-state index in [-0.39, 0.29) is 0 Å². The van der Waals surface area contributed by atoms with Crippen LogP contribution in [0.5, 0.6) is 0 Å². The van der Waals surface area contributed by atoms with E-state index in [9.17, 15) is 0 Å². The molecule has 3 N–H and O–H groups in total. The number of carbonyl (C=O) groups is 2. The van der Waals surface area contributed by atoms with Crippen molar-refractivity contribution in [2.45, 2.75) is 0 Å². The minimum atomic E-state index is -3.76. The molecule has 0 aliphatic heterocycles. The van der Waals surface area contributed by atoms with Crippen molar-refractivity contribution in [1.82, 2.24) is 0 Å². The van der Waals surface area contributed by atoms with E-state index in [1.807, 2.05) is 0 Å². The van der Waals surface area contributed by atoms with Gasteiger partial charge in [-0.05, 0) is 3.44 Å². The summed E-state index contributed by atoms with van der Waals surface area (Å²) < 4.78 is 24.5. The van der Waals surface area contributed by atoms with Gasteiger partial charge in [-0.25, -0.2) is 9.59 Å². The average molecular weight is 266 g/mol. The molecule has 0 aromatic carbocycles. The molecule has 0 saturated heterocycles. The molecule has 7 nitrogen and oxygen atoms in total. The van der Waals surface area contributed by atoms with Gasteiger partial charge in [-0.15, -0.1) is 0 Å². The number of aliphatic carboxylic acids is 2. The third-order valence-electron chi connectivity index (χ3n) is 0.183. The van der Waals surface area contributed by atoms with Crippen LogP contribution in [0.25, 0.3) is 0 Å². The van der Waals surface area contributed by atoms with Crippen LogP contribution in [0.2, 0.25) is 0 Å². The summed E-state index contributed by atoms with van der Waals surface area (Å²) >= 11 is -3.76. The van der Waals surface area contributed by atoms with E-state index >= 15 is 0 Å². The van der Waals surface area contributed by atoms with Gasteiger partial charge in [-0.1, -0.05) is 0 Å². The van der Waals surface area contributed by atoms with E-state index < -0.39 is 33.0 Å². The molecule has 0 rings (SSSR count). The van der Waals surface area contributed by atoms with Gasteiger partial charge in [0.2, 0.25) is 0 Å². The Bertz CT molecular complexity index is 104. The third kappa shape index (κ3) is 25.7. The lowest BCUT2D eigenvalue weighted by Gasteiger charge is -1.72. The van der Waals surface area contributed by atoms with Gasteiger partial charge >= 0.3 is 33.0 Å². The highest BCUT2D eigenvalue weighted by atomic mass is 127. The van der Waals surface area contributed by atoms with Gasteiger partial charge in [0.25, 0.3) is 0 Å². The summed E-state index contributed by atoms with van der Waals surface area (Å²) in [5.74, 6) is -3.65. The molecule has 8 heteroatoms. The fourth-order valence-corrected chi connectivity index (χ4v) is 0. The lowest BCUT2D eigenvalue weighted by atomic mass is 10.7. The van der Waals surface area contributed by atoms with Crippen molar-refractivity contribution in [3.05, 3.63) is 0 Å². The number of halogens is 1. The van der Waals surface area contributed by atoms with Crippen LogP contribution >= 0.6 is 0 Å². The predicted molar refractivity (Wildman–Crippen MR) is 17.5 cm³/mol. The summed E-state index contributed by atoms with van der Waals surface area (Å²) in [6, 6.07) is 0. The Labute approximate surface area is 63.6 Å². The topological polar surface area (TPSA) is 141 Å². The van der Waals surface area contributed by atoms with Crippen LogP contribution in [0.4, 0.5) is 0 Å². The van der Waals surface area contributed by atoms with Crippen LogP contribution in [0, 0.1) is 0 Å². The normalized spacial score (nSPS) is 8.00. The van der Waals surface area contributed by atoms with Crippen LogP contribution in [-0.2, 0) is 9.59 Å².